The third kappa shape index (κ3) is 3.10. The molecule has 1 aliphatic rings. The molecule has 0 bridgehead atoms. The van der Waals surface area contributed by atoms with Crippen LogP contribution in [0.1, 0.15) is 6.92 Å². The molecular weight excluding hydrogens is 228 g/mol. The van der Waals surface area contributed by atoms with Gasteiger partial charge in [0.05, 0.1) is 12.4 Å². The third-order valence-corrected chi connectivity index (χ3v) is 2.66. The zero-order valence-electron chi connectivity index (χ0n) is 8.27. The number of hydrogen-bond donors (Lipinski definition) is 3. The summed E-state index contributed by atoms with van der Waals surface area (Å²) in [6.45, 7) is 1.43. The van der Waals surface area contributed by atoms with Crippen molar-refractivity contribution >= 4 is 10.1 Å². The zero-order valence-corrected chi connectivity index (χ0v) is 9.09. The molecule has 0 aromatic rings. The van der Waals surface area contributed by atoms with E-state index in [4.69, 9.17) is 4.74 Å². The van der Waals surface area contributed by atoms with Gasteiger partial charge in [-0.3, -0.25) is 4.18 Å². The zero-order chi connectivity index (χ0) is 11.8. The Kier molecular flexibility index (Phi) is 3.69. The highest BCUT2D eigenvalue weighted by Crippen LogP contribution is 2.23. The van der Waals surface area contributed by atoms with Crippen molar-refractivity contribution < 1.29 is 32.7 Å². The quantitative estimate of drug-likeness (QED) is 0.470. The monoisotopic (exact) mass is 242 g/mol. The summed E-state index contributed by atoms with van der Waals surface area (Å²) in [5.41, 5.74) is 0. The summed E-state index contributed by atoms with van der Waals surface area (Å²) in [4.78, 5) is 0. The lowest BCUT2D eigenvalue weighted by atomic mass is 10.0. The van der Waals surface area contributed by atoms with Gasteiger partial charge < -0.3 is 20.1 Å². The Hall–Kier alpha value is -0.250. The number of hydrogen-bond acceptors (Lipinski definition) is 7. The molecule has 1 fully saturated rings. The van der Waals surface area contributed by atoms with Crippen LogP contribution in [0.15, 0.2) is 0 Å². The average molecular weight is 242 g/mol. The Bertz CT molecular complexity index is 299. The van der Waals surface area contributed by atoms with E-state index < -0.39 is 40.8 Å². The van der Waals surface area contributed by atoms with Gasteiger partial charge in [0.1, 0.15) is 18.3 Å². The molecule has 1 aliphatic heterocycles. The second-order valence-electron chi connectivity index (χ2n) is 3.48. The predicted molar refractivity (Wildman–Crippen MR) is 48.3 cm³/mol. The van der Waals surface area contributed by atoms with Crippen molar-refractivity contribution in [1.29, 1.82) is 0 Å². The van der Waals surface area contributed by atoms with E-state index in [1.807, 2.05) is 0 Å². The van der Waals surface area contributed by atoms with E-state index in [0.717, 1.165) is 6.26 Å². The maximum atomic E-state index is 10.8. The standard InChI is InChI=1S/C7H14O7S/c1-3-4(8)6(14-15(2,11)12)5(9)7(10)13-3/h3-10H,1-2H3/t3-,4-,5+,6+,7+/m0/s1. The molecule has 0 aromatic carbocycles. The SMILES string of the molecule is C[C@@H]1O[C@@H](O)[C@H](O)[C@H](OS(C)(=O)=O)[C@H]1O. The van der Waals surface area contributed by atoms with Crippen LogP contribution >= 0.6 is 0 Å². The van der Waals surface area contributed by atoms with E-state index in [2.05, 4.69) is 4.18 Å². The van der Waals surface area contributed by atoms with Crippen LogP contribution in [0.4, 0.5) is 0 Å². The van der Waals surface area contributed by atoms with Gasteiger partial charge in [0.2, 0.25) is 0 Å². The molecule has 8 heteroatoms. The molecule has 0 saturated carbocycles. The van der Waals surface area contributed by atoms with Crippen LogP contribution in [0.5, 0.6) is 0 Å². The molecule has 0 unspecified atom stereocenters. The van der Waals surface area contributed by atoms with E-state index in [0.29, 0.717) is 0 Å². The molecule has 1 rings (SSSR count). The Morgan fingerprint density at radius 3 is 2.20 bits per heavy atom. The van der Waals surface area contributed by atoms with E-state index >= 15 is 0 Å². The van der Waals surface area contributed by atoms with Gasteiger partial charge in [0.25, 0.3) is 10.1 Å². The maximum absolute atomic E-state index is 10.8. The lowest BCUT2D eigenvalue weighted by Crippen LogP contribution is -2.58. The molecule has 0 aliphatic carbocycles. The summed E-state index contributed by atoms with van der Waals surface area (Å²) < 4.78 is 30.9. The Labute approximate surface area is 87.4 Å². The van der Waals surface area contributed by atoms with Crippen LogP contribution in [0.2, 0.25) is 0 Å². The molecule has 1 heterocycles. The molecule has 5 atom stereocenters. The first-order valence-electron chi connectivity index (χ1n) is 4.30. The first-order chi connectivity index (χ1) is 6.72. The van der Waals surface area contributed by atoms with Crippen LogP contribution in [-0.2, 0) is 19.0 Å². The summed E-state index contributed by atoms with van der Waals surface area (Å²) in [5.74, 6) is 0. The average Bonchev–Trinajstić information content (AvgIpc) is 2.08. The number of ether oxygens (including phenoxy) is 1. The van der Waals surface area contributed by atoms with Gasteiger partial charge in [-0.25, -0.2) is 0 Å². The maximum Gasteiger partial charge on any atom is 0.264 e. The Balaban J connectivity index is 2.82. The van der Waals surface area contributed by atoms with Gasteiger partial charge in [-0.05, 0) is 6.92 Å². The first-order valence-corrected chi connectivity index (χ1v) is 6.12. The van der Waals surface area contributed by atoms with Gasteiger partial charge >= 0.3 is 0 Å². The Morgan fingerprint density at radius 1 is 1.20 bits per heavy atom. The molecule has 7 nitrogen and oxygen atoms in total. The van der Waals surface area contributed by atoms with Crippen molar-refractivity contribution in [3.05, 3.63) is 0 Å². The summed E-state index contributed by atoms with van der Waals surface area (Å²) in [6, 6.07) is 0. The summed E-state index contributed by atoms with van der Waals surface area (Å²) >= 11 is 0. The minimum absolute atomic E-state index is 0.791. The van der Waals surface area contributed by atoms with Crippen molar-refractivity contribution in [3.63, 3.8) is 0 Å². The molecule has 0 radical (unpaired) electrons. The number of rotatable bonds is 2. The number of aliphatic hydroxyl groups excluding tert-OH is 3. The highest BCUT2D eigenvalue weighted by atomic mass is 32.2. The lowest BCUT2D eigenvalue weighted by molar-refractivity contribution is -0.272. The van der Waals surface area contributed by atoms with Crippen LogP contribution in [-0.4, -0.2) is 60.7 Å². The molecule has 3 N–H and O–H groups in total. The van der Waals surface area contributed by atoms with Crippen LogP contribution < -0.4 is 0 Å². The van der Waals surface area contributed by atoms with Crippen molar-refractivity contribution in [3.8, 4) is 0 Å². The van der Waals surface area contributed by atoms with E-state index in [9.17, 15) is 23.7 Å². The number of aliphatic hydroxyl groups is 3. The fourth-order valence-corrected chi connectivity index (χ4v) is 1.96. The molecule has 0 aromatic heterocycles. The van der Waals surface area contributed by atoms with Gasteiger partial charge in [0.15, 0.2) is 6.29 Å². The normalized spacial score (nSPS) is 42.9. The lowest BCUT2D eigenvalue weighted by Gasteiger charge is -2.38. The topological polar surface area (TPSA) is 113 Å². The second-order valence-corrected chi connectivity index (χ2v) is 5.08. The van der Waals surface area contributed by atoms with Gasteiger partial charge in [0, 0.05) is 0 Å². The van der Waals surface area contributed by atoms with Crippen molar-refractivity contribution in [2.75, 3.05) is 6.26 Å². The predicted octanol–water partition coefficient (Wildman–Crippen LogP) is -2.21. The van der Waals surface area contributed by atoms with Crippen molar-refractivity contribution in [2.45, 2.75) is 37.6 Å². The highest BCUT2D eigenvalue weighted by molar-refractivity contribution is 7.86. The van der Waals surface area contributed by atoms with Crippen molar-refractivity contribution in [1.82, 2.24) is 0 Å². The van der Waals surface area contributed by atoms with Gasteiger partial charge in [-0.2, -0.15) is 8.42 Å². The summed E-state index contributed by atoms with van der Waals surface area (Å²) in [7, 11) is -3.82. The second kappa shape index (κ2) is 4.32. The smallest absolute Gasteiger partial charge is 0.264 e. The van der Waals surface area contributed by atoms with Crippen LogP contribution in [0.25, 0.3) is 0 Å². The highest BCUT2D eigenvalue weighted by Gasteiger charge is 2.44. The van der Waals surface area contributed by atoms with E-state index in [1.54, 1.807) is 0 Å². The van der Waals surface area contributed by atoms with Gasteiger partial charge in [-0.1, -0.05) is 0 Å². The third-order valence-electron chi connectivity index (χ3n) is 2.09. The summed E-state index contributed by atoms with van der Waals surface area (Å²) in [6.07, 6.45) is -5.95. The van der Waals surface area contributed by atoms with E-state index in [-0.39, 0.29) is 0 Å². The molecular formula is C7H14O7S. The summed E-state index contributed by atoms with van der Waals surface area (Å²) in [5, 5.41) is 28.0. The molecule has 0 spiro atoms. The molecule has 90 valence electrons. The minimum Gasteiger partial charge on any atom is -0.388 e. The Morgan fingerprint density at radius 2 is 1.73 bits per heavy atom. The van der Waals surface area contributed by atoms with Gasteiger partial charge in [-0.15, -0.1) is 0 Å². The first kappa shape index (κ1) is 12.8. The molecule has 0 amide bonds. The largest absolute Gasteiger partial charge is 0.388 e. The van der Waals surface area contributed by atoms with E-state index in [1.165, 1.54) is 6.92 Å². The minimum atomic E-state index is -3.82. The molecule has 15 heavy (non-hydrogen) atoms. The van der Waals surface area contributed by atoms with Crippen LogP contribution in [0, 0.1) is 0 Å². The van der Waals surface area contributed by atoms with Crippen molar-refractivity contribution in [2.24, 2.45) is 0 Å². The van der Waals surface area contributed by atoms with Crippen LogP contribution in [0.3, 0.4) is 0 Å². The fraction of sp³-hybridized carbons (Fsp3) is 1.00. The molecule has 1 saturated heterocycles. The fourth-order valence-electron chi connectivity index (χ4n) is 1.33.